The Balaban J connectivity index is 1.66. The molecule has 1 aromatic heterocycles. The Bertz CT molecular complexity index is 755. The standard InChI is InChI=1S/C23H39N7O/c1-5-9-30-16-19(26-23(31)29(8-4)11-10-28(6-2)7-3)12-17-13-20-18(14-21(17)30)15-25-22(24)27-20/h6,15,17,19,21H,2,5,7-14,16H2,1,3-4H3,(H,26,31)(H2,24,25,27)/t17-,19+,21-/m1/s1. The minimum atomic E-state index is 0.0327. The third kappa shape index (κ3) is 5.67. The van der Waals surface area contributed by atoms with Crippen molar-refractivity contribution >= 4 is 12.0 Å². The van der Waals surface area contributed by atoms with Gasteiger partial charge in [0.05, 0.1) is 0 Å². The van der Waals surface area contributed by atoms with Crippen LogP contribution in [0.15, 0.2) is 19.0 Å². The number of aromatic nitrogens is 2. The number of nitrogens with zero attached hydrogens (tertiary/aromatic N) is 5. The average molecular weight is 430 g/mol. The van der Waals surface area contributed by atoms with Crippen LogP contribution in [0.5, 0.6) is 0 Å². The van der Waals surface area contributed by atoms with Crippen molar-refractivity contribution in [2.75, 3.05) is 45.0 Å². The highest BCUT2D eigenvalue weighted by atomic mass is 16.2. The van der Waals surface area contributed by atoms with Gasteiger partial charge in [-0.05, 0) is 63.8 Å². The molecule has 2 amide bonds. The smallest absolute Gasteiger partial charge is 0.317 e. The molecule has 1 aromatic rings. The number of rotatable bonds is 9. The van der Waals surface area contributed by atoms with E-state index in [1.165, 1.54) is 5.56 Å². The van der Waals surface area contributed by atoms with Gasteiger partial charge in [0.1, 0.15) is 0 Å². The van der Waals surface area contributed by atoms with Crippen LogP contribution in [0.2, 0.25) is 0 Å². The third-order valence-electron chi connectivity index (χ3n) is 6.74. The van der Waals surface area contributed by atoms with Crippen molar-refractivity contribution in [1.29, 1.82) is 0 Å². The lowest BCUT2D eigenvalue weighted by Gasteiger charge is -2.47. The van der Waals surface area contributed by atoms with Gasteiger partial charge < -0.3 is 20.9 Å². The molecule has 2 heterocycles. The molecule has 0 aromatic carbocycles. The van der Waals surface area contributed by atoms with Gasteiger partial charge in [-0.25, -0.2) is 14.8 Å². The Hall–Kier alpha value is -2.35. The van der Waals surface area contributed by atoms with Crippen LogP contribution in [-0.4, -0.2) is 82.1 Å². The number of carbonyl (C=O) groups is 1. The molecule has 1 saturated heterocycles. The summed E-state index contributed by atoms with van der Waals surface area (Å²) in [5.41, 5.74) is 8.13. The second-order valence-corrected chi connectivity index (χ2v) is 8.70. The van der Waals surface area contributed by atoms with E-state index in [1.807, 2.05) is 24.2 Å². The molecular weight excluding hydrogens is 390 g/mol. The molecule has 1 aliphatic heterocycles. The maximum atomic E-state index is 13.0. The monoisotopic (exact) mass is 429 g/mol. The van der Waals surface area contributed by atoms with Crippen molar-refractivity contribution in [1.82, 2.24) is 30.0 Å². The molecule has 1 aliphatic carbocycles. The van der Waals surface area contributed by atoms with Crippen LogP contribution in [-0.2, 0) is 12.8 Å². The first-order valence-electron chi connectivity index (χ1n) is 11.7. The van der Waals surface area contributed by atoms with Gasteiger partial charge in [-0.3, -0.25) is 4.90 Å². The largest absolute Gasteiger partial charge is 0.376 e. The number of piperidine rings is 1. The second kappa shape index (κ2) is 10.8. The zero-order valence-corrected chi connectivity index (χ0v) is 19.4. The molecule has 1 fully saturated rings. The first kappa shape index (κ1) is 23.3. The molecule has 3 atom stereocenters. The summed E-state index contributed by atoms with van der Waals surface area (Å²) in [6.45, 7) is 15.2. The molecule has 0 bridgehead atoms. The summed E-state index contributed by atoms with van der Waals surface area (Å²) in [7, 11) is 0. The summed E-state index contributed by atoms with van der Waals surface area (Å²) in [6, 6.07) is 0.669. The maximum absolute atomic E-state index is 13.0. The van der Waals surface area contributed by atoms with Crippen molar-refractivity contribution in [2.24, 2.45) is 5.92 Å². The van der Waals surface area contributed by atoms with Gasteiger partial charge in [-0.1, -0.05) is 13.5 Å². The molecule has 8 heteroatoms. The van der Waals surface area contributed by atoms with Crippen LogP contribution in [0.3, 0.4) is 0 Å². The summed E-state index contributed by atoms with van der Waals surface area (Å²) in [5, 5.41) is 3.33. The van der Waals surface area contributed by atoms with E-state index in [-0.39, 0.29) is 12.1 Å². The van der Waals surface area contributed by atoms with Crippen LogP contribution < -0.4 is 11.1 Å². The van der Waals surface area contributed by atoms with E-state index in [2.05, 4.69) is 45.5 Å². The van der Waals surface area contributed by atoms with Crippen LogP contribution in [0.25, 0.3) is 0 Å². The number of amides is 2. The highest BCUT2D eigenvalue weighted by molar-refractivity contribution is 5.74. The lowest BCUT2D eigenvalue weighted by Crippen LogP contribution is -2.59. The van der Waals surface area contributed by atoms with Crippen LogP contribution in [0.4, 0.5) is 10.7 Å². The highest BCUT2D eigenvalue weighted by Gasteiger charge is 2.40. The average Bonchev–Trinajstić information content (AvgIpc) is 2.75. The van der Waals surface area contributed by atoms with Crippen molar-refractivity contribution in [3.8, 4) is 0 Å². The van der Waals surface area contributed by atoms with Gasteiger partial charge in [0.2, 0.25) is 5.95 Å². The third-order valence-corrected chi connectivity index (χ3v) is 6.74. The molecule has 172 valence electrons. The lowest BCUT2D eigenvalue weighted by molar-refractivity contribution is 0.0624. The SMILES string of the molecule is C=CN(CC)CCN(CC)C(=O)N[C@H]1C[C@@H]2Cc3nc(N)ncc3C[C@H]2N(CCC)C1. The first-order chi connectivity index (χ1) is 15.0. The number of fused-ring (bicyclic) bond motifs is 2. The Kier molecular flexibility index (Phi) is 8.12. The quantitative estimate of drug-likeness (QED) is 0.625. The van der Waals surface area contributed by atoms with Gasteiger partial charge in [-0.15, -0.1) is 0 Å². The minimum absolute atomic E-state index is 0.0327. The van der Waals surface area contributed by atoms with E-state index < -0.39 is 0 Å². The van der Waals surface area contributed by atoms with Crippen LogP contribution in [0, 0.1) is 5.92 Å². The molecule has 0 unspecified atom stereocenters. The van der Waals surface area contributed by atoms with Crippen LogP contribution in [0.1, 0.15) is 44.9 Å². The Labute approximate surface area is 186 Å². The Morgan fingerprint density at radius 1 is 1.32 bits per heavy atom. The molecule has 0 saturated carbocycles. The van der Waals surface area contributed by atoms with Crippen molar-refractivity contribution < 1.29 is 4.79 Å². The molecular formula is C23H39N7O. The van der Waals surface area contributed by atoms with Gasteiger partial charge in [-0.2, -0.15) is 0 Å². The normalized spacial score (nSPS) is 22.9. The summed E-state index contributed by atoms with van der Waals surface area (Å²) < 4.78 is 0. The predicted molar refractivity (Wildman–Crippen MR) is 125 cm³/mol. The van der Waals surface area contributed by atoms with Crippen molar-refractivity contribution in [3.05, 3.63) is 30.2 Å². The summed E-state index contributed by atoms with van der Waals surface area (Å²) in [4.78, 5) is 28.3. The topological polar surface area (TPSA) is 90.6 Å². The zero-order valence-electron chi connectivity index (χ0n) is 19.4. The highest BCUT2D eigenvalue weighted by Crippen LogP contribution is 2.34. The molecule has 2 aliphatic rings. The van der Waals surface area contributed by atoms with Gasteiger partial charge in [0.15, 0.2) is 0 Å². The summed E-state index contributed by atoms with van der Waals surface area (Å²) in [5.74, 6) is 0.821. The Morgan fingerprint density at radius 3 is 2.81 bits per heavy atom. The van der Waals surface area contributed by atoms with Crippen molar-refractivity contribution in [2.45, 2.75) is 58.5 Å². The second-order valence-electron chi connectivity index (χ2n) is 8.70. The van der Waals surface area contributed by atoms with E-state index in [9.17, 15) is 4.79 Å². The fourth-order valence-corrected chi connectivity index (χ4v) is 5.05. The predicted octanol–water partition coefficient (Wildman–Crippen LogP) is 2.12. The lowest BCUT2D eigenvalue weighted by atomic mass is 9.76. The molecule has 0 radical (unpaired) electrons. The number of hydrogen-bond acceptors (Lipinski definition) is 6. The number of nitrogens with two attached hydrogens (primary N) is 1. The zero-order chi connectivity index (χ0) is 22.4. The molecule has 31 heavy (non-hydrogen) atoms. The van der Waals surface area contributed by atoms with Gasteiger partial charge >= 0.3 is 6.03 Å². The summed E-state index contributed by atoms with van der Waals surface area (Å²) >= 11 is 0. The van der Waals surface area contributed by atoms with Gasteiger partial charge in [0, 0.05) is 56.7 Å². The van der Waals surface area contributed by atoms with E-state index in [4.69, 9.17) is 5.73 Å². The van der Waals surface area contributed by atoms with Gasteiger partial charge in [0.25, 0.3) is 0 Å². The van der Waals surface area contributed by atoms with Crippen molar-refractivity contribution in [3.63, 3.8) is 0 Å². The first-order valence-corrected chi connectivity index (χ1v) is 11.7. The van der Waals surface area contributed by atoms with E-state index in [1.54, 1.807) is 0 Å². The number of urea groups is 1. The number of nitrogen functional groups attached to an aromatic ring is 1. The van der Waals surface area contributed by atoms with E-state index >= 15 is 0 Å². The fourth-order valence-electron chi connectivity index (χ4n) is 5.05. The number of likely N-dealkylation sites (tertiary alicyclic amines) is 1. The molecule has 8 nitrogen and oxygen atoms in total. The summed E-state index contributed by atoms with van der Waals surface area (Å²) in [6.07, 6.45) is 7.69. The van der Waals surface area contributed by atoms with E-state index in [0.717, 1.165) is 57.6 Å². The molecule has 0 spiro atoms. The number of likely N-dealkylation sites (N-methyl/N-ethyl adjacent to an activating group) is 2. The fraction of sp³-hybridized carbons (Fsp3) is 0.696. The minimum Gasteiger partial charge on any atom is -0.376 e. The van der Waals surface area contributed by atoms with E-state index in [0.29, 0.717) is 31.0 Å². The number of hydrogen-bond donors (Lipinski definition) is 2. The number of carbonyl (C=O) groups excluding carboxylic acids is 1. The number of anilines is 1. The molecule has 3 N–H and O–H groups in total. The molecule has 3 rings (SSSR count). The van der Waals surface area contributed by atoms with Crippen LogP contribution >= 0.6 is 0 Å². The Morgan fingerprint density at radius 2 is 2.13 bits per heavy atom. The number of nitrogens with one attached hydrogen (secondary N) is 1. The maximum Gasteiger partial charge on any atom is 0.317 e.